The van der Waals surface area contributed by atoms with Crippen molar-refractivity contribution in [3.05, 3.63) is 41.0 Å². The maximum atomic E-state index is 9.28. The van der Waals surface area contributed by atoms with Crippen molar-refractivity contribution in [2.24, 2.45) is 0 Å². The fourth-order valence-corrected chi connectivity index (χ4v) is 2.70. The van der Waals surface area contributed by atoms with Gasteiger partial charge in [0.1, 0.15) is 5.01 Å². The lowest BCUT2D eigenvalue weighted by molar-refractivity contribution is 0.281. The van der Waals surface area contributed by atoms with Crippen molar-refractivity contribution in [2.75, 3.05) is 0 Å². The summed E-state index contributed by atoms with van der Waals surface area (Å²) in [6.45, 7) is 7.11. The number of aliphatic hydroxyl groups excluding tert-OH is 1. The van der Waals surface area contributed by atoms with Gasteiger partial charge in [0.15, 0.2) is 0 Å². The number of aliphatic hydroxyl groups is 1. The van der Waals surface area contributed by atoms with Crippen LogP contribution in [0.2, 0.25) is 0 Å². The standard InChI is InChI=1S/C15H20N2OS/c1-15(2,3)16-9-12-14(19-13(10-18)17-12)11-7-5-4-6-8-11/h4-8,16,18H,9-10H2,1-3H3. The third-order valence-corrected chi connectivity index (χ3v) is 3.83. The number of nitrogens with one attached hydrogen (secondary N) is 1. The van der Waals surface area contributed by atoms with Crippen LogP contribution in [0.5, 0.6) is 0 Å². The number of nitrogens with zero attached hydrogens (tertiary/aromatic N) is 1. The third-order valence-electron chi connectivity index (χ3n) is 2.70. The lowest BCUT2D eigenvalue weighted by Gasteiger charge is -2.20. The maximum Gasteiger partial charge on any atom is 0.119 e. The van der Waals surface area contributed by atoms with Crippen molar-refractivity contribution < 1.29 is 5.11 Å². The summed E-state index contributed by atoms with van der Waals surface area (Å²) in [6.07, 6.45) is 0. The van der Waals surface area contributed by atoms with Crippen LogP contribution in [0.1, 0.15) is 31.5 Å². The summed E-state index contributed by atoms with van der Waals surface area (Å²) in [5.41, 5.74) is 2.22. The van der Waals surface area contributed by atoms with Gasteiger partial charge in [0.25, 0.3) is 0 Å². The molecule has 0 saturated carbocycles. The first kappa shape index (κ1) is 14.2. The summed E-state index contributed by atoms with van der Waals surface area (Å²) in [6, 6.07) is 10.2. The minimum absolute atomic E-state index is 0.0000180. The van der Waals surface area contributed by atoms with E-state index in [0.717, 1.165) is 21.1 Å². The Bertz CT molecular complexity index is 529. The summed E-state index contributed by atoms with van der Waals surface area (Å²) in [5.74, 6) is 0. The third kappa shape index (κ3) is 3.86. The first-order valence-corrected chi connectivity index (χ1v) is 7.21. The zero-order chi connectivity index (χ0) is 13.9. The molecule has 1 aromatic carbocycles. The molecule has 0 bridgehead atoms. The molecule has 0 spiro atoms. The van der Waals surface area contributed by atoms with E-state index in [9.17, 15) is 5.11 Å². The molecule has 0 atom stereocenters. The first-order valence-electron chi connectivity index (χ1n) is 6.39. The van der Waals surface area contributed by atoms with Gasteiger partial charge >= 0.3 is 0 Å². The first-order chi connectivity index (χ1) is 8.99. The van der Waals surface area contributed by atoms with Gasteiger partial charge < -0.3 is 10.4 Å². The van der Waals surface area contributed by atoms with Crippen LogP contribution in [0.25, 0.3) is 10.4 Å². The number of thiazole rings is 1. The quantitative estimate of drug-likeness (QED) is 0.901. The predicted octanol–water partition coefficient (Wildman–Crippen LogP) is 3.19. The molecule has 2 aromatic rings. The number of hydrogen-bond donors (Lipinski definition) is 2. The Balaban J connectivity index is 2.29. The van der Waals surface area contributed by atoms with Crippen molar-refractivity contribution in [3.63, 3.8) is 0 Å². The van der Waals surface area contributed by atoms with Gasteiger partial charge in [-0.3, -0.25) is 0 Å². The van der Waals surface area contributed by atoms with E-state index in [0.29, 0.717) is 6.54 Å². The van der Waals surface area contributed by atoms with Crippen molar-refractivity contribution in [1.29, 1.82) is 0 Å². The fraction of sp³-hybridized carbons (Fsp3) is 0.400. The zero-order valence-electron chi connectivity index (χ0n) is 11.6. The second kappa shape index (κ2) is 5.82. The van der Waals surface area contributed by atoms with Crippen LogP contribution < -0.4 is 5.32 Å². The van der Waals surface area contributed by atoms with Gasteiger partial charge in [-0.25, -0.2) is 4.98 Å². The van der Waals surface area contributed by atoms with Gasteiger partial charge in [-0.2, -0.15) is 0 Å². The average molecular weight is 276 g/mol. The monoisotopic (exact) mass is 276 g/mol. The fourth-order valence-electron chi connectivity index (χ4n) is 1.75. The van der Waals surface area contributed by atoms with Gasteiger partial charge in [-0.15, -0.1) is 11.3 Å². The Morgan fingerprint density at radius 3 is 2.47 bits per heavy atom. The molecule has 2 N–H and O–H groups in total. The van der Waals surface area contributed by atoms with Crippen molar-refractivity contribution in [2.45, 2.75) is 39.5 Å². The Labute approximate surface area is 118 Å². The zero-order valence-corrected chi connectivity index (χ0v) is 12.4. The van der Waals surface area contributed by atoms with E-state index in [2.05, 4.69) is 43.2 Å². The molecule has 1 aromatic heterocycles. The molecular weight excluding hydrogens is 256 g/mol. The number of aromatic nitrogens is 1. The van der Waals surface area contributed by atoms with Crippen LogP contribution in [0.3, 0.4) is 0 Å². The average Bonchev–Trinajstić information content (AvgIpc) is 2.80. The largest absolute Gasteiger partial charge is 0.389 e. The number of benzene rings is 1. The van der Waals surface area contributed by atoms with Crippen LogP contribution in [-0.4, -0.2) is 15.6 Å². The Kier molecular flexibility index (Phi) is 4.34. The molecule has 0 unspecified atom stereocenters. The molecule has 3 nitrogen and oxygen atoms in total. The van der Waals surface area contributed by atoms with E-state index in [1.807, 2.05) is 18.2 Å². The molecule has 1 heterocycles. The molecule has 4 heteroatoms. The molecule has 2 rings (SSSR count). The van der Waals surface area contributed by atoms with Crippen molar-refractivity contribution >= 4 is 11.3 Å². The van der Waals surface area contributed by atoms with Gasteiger partial charge in [0, 0.05) is 12.1 Å². The highest BCUT2D eigenvalue weighted by Crippen LogP contribution is 2.30. The van der Waals surface area contributed by atoms with Crippen LogP contribution in [-0.2, 0) is 13.2 Å². The SMILES string of the molecule is CC(C)(C)NCc1nc(CO)sc1-c1ccccc1. The minimum Gasteiger partial charge on any atom is -0.389 e. The van der Waals surface area contributed by atoms with E-state index < -0.39 is 0 Å². The molecule has 19 heavy (non-hydrogen) atoms. The molecule has 0 radical (unpaired) electrons. The van der Waals surface area contributed by atoms with E-state index in [-0.39, 0.29) is 12.1 Å². The van der Waals surface area contributed by atoms with Gasteiger partial charge in [-0.1, -0.05) is 30.3 Å². The predicted molar refractivity (Wildman–Crippen MR) is 80.1 cm³/mol. The Morgan fingerprint density at radius 1 is 1.21 bits per heavy atom. The summed E-state index contributed by atoms with van der Waals surface area (Å²) < 4.78 is 0. The molecule has 0 aliphatic rings. The van der Waals surface area contributed by atoms with Gasteiger partial charge in [0.05, 0.1) is 17.2 Å². The normalized spacial score (nSPS) is 11.8. The van der Waals surface area contributed by atoms with Crippen LogP contribution in [0.4, 0.5) is 0 Å². The highest BCUT2D eigenvalue weighted by atomic mass is 32.1. The van der Waals surface area contributed by atoms with Crippen LogP contribution in [0.15, 0.2) is 30.3 Å². The summed E-state index contributed by atoms with van der Waals surface area (Å²) >= 11 is 1.56. The summed E-state index contributed by atoms with van der Waals surface area (Å²) in [4.78, 5) is 5.65. The van der Waals surface area contributed by atoms with E-state index in [4.69, 9.17) is 0 Å². The van der Waals surface area contributed by atoms with Gasteiger partial charge in [0.2, 0.25) is 0 Å². The molecule has 0 aliphatic heterocycles. The number of rotatable bonds is 4. The lowest BCUT2D eigenvalue weighted by Crippen LogP contribution is -2.35. The number of hydrogen-bond acceptors (Lipinski definition) is 4. The van der Waals surface area contributed by atoms with E-state index >= 15 is 0 Å². The second-order valence-electron chi connectivity index (χ2n) is 5.51. The molecule has 0 fully saturated rings. The van der Waals surface area contributed by atoms with Crippen LogP contribution >= 0.6 is 11.3 Å². The molecule has 0 aliphatic carbocycles. The highest BCUT2D eigenvalue weighted by molar-refractivity contribution is 7.15. The van der Waals surface area contributed by atoms with E-state index in [1.54, 1.807) is 11.3 Å². The lowest BCUT2D eigenvalue weighted by atomic mass is 10.1. The molecule has 0 saturated heterocycles. The van der Waals surface area contributed by atoms with Crippen LogP contribution in [0, 0.1) is 0 Å². The molecular formula is C15H20N2OS. The Morgan fingerprint density at radius 2 is 1.89 bits per heavy atom. The highest BCUT2D eigenvalue weighted by Gasteiger charge is 2.15. The second-order valence-corrected chi connectivity index (χ2v) is 6.59. The minimum atomic E-state index is 0.0000180. The topological polar surface area (TPSA) is 45.2 Å². The van der Waals surface area contributed by atoms with Crippen molar-refractivity contribution in [3.8, 4) is 10.4 Å². The molecule has 0 amide bonds. The van der Waals surface area contributed by atoms with E-state index in [1.165, 1.54) is 0 Å². The van der Waals surface area contributed by atoms with Crippen molar-refractivity contribution in [1.82, 2.24) is 10.3 Å². The van der Waals surface area contributed by atoms with Gasteiger partial charge in [-0.05, 0) is 26.3 Å². The maximum absolute atomic E-state index is 9.28. The summed E-state index contributed by atoms with van der Waals surface area (Å²) in [7, 11) is 0. The Hall–Kier alpha value is -1.23. The molecule has 102 valence electrons. The summed E-state index contributed by atoms with van der Waals surface area (Å²) in [5, 5.41) is 13.5. The smallest absolute Gasteiger partial charge is 0.119 e.